The van der Waals surface area contributed by atoms with Gasteiger partial charge in [-0.25, -0.2) is 17.5 Å². The van der Waals surface area contributed by atoms with Crippen LogP contribution in [-0.2, 0) is 16.6 Å². The molecule has 1 fully saturated rings. The molecule has 2 N–H and O–H groups in total. The Labute approximate surface area is 172 Å². The number of halogens is 1. The molecule has 1 saturated carbocycles. The molecular weight excluding hydrogens is 391 g/mol. The third-order valence-corrected chi connectivity index (χ3v) is 6.25. The summed E-state index contributed by atoms with van der Waals surface area (Å²) in [4.78, 5) is 0. The fourth-order valence-electron chi connectivity index (χ4n) is 3.95. The first-order valence-electron chi connectivity index (χ1n) is 9.88. The molecule has 2 aromatic rings. The van der Waals surface area contributed by atoms with Gasteiger partial charge in [0.15, 0.2) is 11.6 Å². The summed E-state index contributed by atoms with van der Waals surface area (Å²) in [6, 6.07) is 13.7. The third-order valence-electron chi connectivity index (χ3n) is 5.58. The second kappa shape index (κ2) is 9.24. The lowest BCUT2D eigenvalue weighted by Crippen LogP contribution is -2.29. The molecule has 0 aliphatic heterocycles. The van der Waals surface area contributed by atoms with E-state index < -0.39 is 10.0 Å². The molecule has 2 aromatic carbocycles. The first kappa shape index (κ1) is 21.7. The molecule has 7 heteroatoms. The van der Waals surface area contributed by atoms with E-state index in [1.807, 2.05) is 12.1 Å². The minimum absolute atomic E-state index is 0.109. The summed E-state index contributed by atoms with van der Waals surface area (Å²) in [5.41, 5.74) is 3.24. The van der Waals surface area contributed by atoms with Gasteiger partial charge in [0, 0.05) is 18.6 Å². The Bertz CT molecular complexity index is 932. The van der Waals surface area contributed by atoms with Crippen LogP contribution >= 0.6 is 0 Å². The van der Waals surface area contributed by atoms with E-state index in [0.717, 1.165) is 36.6 Å². The normalized spacial score (nSPS) is 20.6. The molecule has 0 spiro atoms. The Hall–Kier alpha value is -1.96. The maximum Gasteiger partial charge on any atom is 0.209 e. The van der Waals surface area contributed by atoms with E-state index in [2.05, 4.69) is 29.1 Å². The lowest BCUT2D eigenvalue weighted by Gasteiger charge is -2.21. The van der Waals surface area contributed by atoms with Gasteiger partial charge >= 0.3 is 0 Å². The Balaban J connectivity index is 1.56. The zero-order valence-electron chi connectivity index (χ0n) is 17.1. The maximum absolute atomic E-state index is 13.6. The molecule has 0 aromatic heterocycles. The number of nitrogens with one attached hydrogen (secondary N) is 2. The summed E-state index contributed by atoms with van der Waals surface area (Å²) in [6.07, 6.45) is 4.41. The van der Waals surface area contributed by atoms with Gasteiger partial charge in [-0.05, 0) is 60.9 Å². The van der Waals surface area contributed by atoms with Crippen LogP contribution in [0, 0.1) is 5.82 Å². The van der Waals surface area contributed by atoms with Crippen molar-refractivity contribution in [2.24, 2.45) is 0 Å². The van der Waals surface area contributed by atoms with Crippen molar-refractivity contribution < 1.29 is 17.5 Å². The largest absolute Gasteiger partial charge is 0.494 e. The molecule has 158 valence electrons. The van der Waals surface area contributed by atoms with Crippen LogP contribution in [0.15, 0.2) is 42.5 Å². The van der Waals surface area contributed by atoms with Crippen LogP contribution in [0.3, 0.4) is 0 Å². The summed E-state index contributed by atoms with van der Waals surface area (Å²) in [5, 5.41) is 3.66. The van der Waals surface area contributed by atoms with Crippen molar-refractivity contribution in [1.82, 2.24) is 10.0 Å². The molecule has 5 nitrogen and oxygen atoms in total. The lowest BCUT2D eigenvalue weighted by atomic mass is 9.96. The highest BCUT2D eigenvalue weighted by Gasteiger charge is 2.27. The van der Waals surface area contributed by atoms with Crippen LogP contribution in [0.5, 0.6) is 5.75 Å². The quantitative estimate of drug-likeness (QED) is 0.680. The maximum atomic E-state index is 13.6. The molecule has 3 unspecified atom stereocenters. The van der Waals surface area contributed by atoms with E-state index in [1.165, 1.54) is 18.7 Å². The SMILES string of the molecule is COc1cc(C(C)NC2CCC(c3ccc(CNS(C)(=O)=O)cc3)C2)ccc1F. The summed E-state index contributed by atoms with van der Waals surface area (Å²) < 4.78 is 43.7. The predicted octanol–water partition coefficient (Wildman–Crippen LogP) is 3.87. The van der Waals surface area contributed by atoms with E-state index in [4.69, 9.17) is 4.74 Å². The highest BCUT2D eigenvalue weighted by molar-refractivity contribution is 7.88. The minimum Gasteiger partial charge on any atom is -0.494 e. The smallest absolute Gasteiger partial charge is 0.209 e. The minimum atomic E-state index is -3.18. The molecular formula is C22H29FN2O3S. The Morgan fingerprint density at radius 1 is 1.17 bits per heavy atom. The van der Waals surface area contributed by atoms with Crippen molar-refractivity contribution in [2.75, 3.05) is 13.4 Å². The molecule has 0 amide bonds. The van der Waals surface area contributed by atoms with Crippen LogP contribution < -0.4 is 14.8 Å². The van der Waals surface area contributed by atoms with E-state index in [0.29, 0.717) is 18.5 Å². The molecule has 0 radical (unpaired) electrons. The Kier molecular flexibility index (Phi) is 6.93. The molecule has 29 heavy (non-hydrogen) atoms. The highest BCUT2D eigenvalue weighted by atomic mass is 32.2. The van der Waals surface area contributed by atoms with Crippen molar-refractivity contribution in [3.05, 3.63) is 65.0 Å². The van der Waals surface area contributed by atoms with Crippen LogP contribution in [-0.4, -0.2) is 27.8 Å². The van der Waals surface area contributed by atoms with Crippen molar-refractivity contribution in [3.63, 3.8) is 0 Å². The lowest BCUT2D eigenvalue weighted by molar-refractivity contribution is 0.384. The van der Waals surface area contributed by atoms with Crippen LogP contribution in [0.25, 0.3) is 0 Å². The van der Waals surface area contributed by atoms with E-state index in [-0.39, 0.29) is 17.6 Å². The zero-order chi connectivity index (χ0) is 21.0. The van der Waals surface area contributed by atoms with Gasteiger partial charge in [0.05, 0.1) is 13.4 Å². The van der Waals surface area contributed by atoms with Crippen molar-refractivity contribution in [3.8, 4) is 5.75 Å². The molecule has 0 bridgehead atoms. The Morgan fingerprint density at radius 3 is 2.55 bits per heavy atom. The molecule has 1 aliphatic carbocycles. The summed E-state index contributed by atoms with van der Waals surface area (Å²) in [5.74, 6) is 0.407. The topological polar surface area (TPSA) is 67.4 Å². The number of ether oxygens (including phenoxy) is 1. The zero-order valence-corrected chi connectivity index (χ0v) is 17.9. The van der Waals surface area contributed by atoms with Gasteiger partial charge in [-0.15, -0.1) is 0 Å². The van der Waals surface area contributed by atoms with Gasteiger partial charge in [0.1, 0.15) is 0 Å². The number of sulfonamides is 1. The van der Waals surface area contributed by atoms with Gasteiger partial charge in [0.2, 0.25) is 10.0 Å². The number of rotatable bonds is 8. The monoisotopic (exact) mass is 420 g/mol. The van der Waals surface area contributed by atoms with E-state index in [9.17, 15) is 12.8 Å². The number of hydrogen-bond donors (Lipinski definition) is 2. The predicted molar refractivity (Wildman–Crippen MR) is 113 cm³/mol. The van der Waals surface area contributed by atoms with Crippen LogP contribution in [0.4, 0.5) is 4.39 Å². The fourth-order valence-corrected chi connectivity index (χ4v) is 4.38. The van der Waals surface area contributed by atoms with Gasteiger partial charge < -0.3 is 10.1 Å². The molecule has 0 saturated heterocycles. The summed E-state index contributed by atoms with van der Waals surface area (Å²) in [6.45, 7) is 2.40. The van der Waals surface area contributed by atoms with Crippen LogP contribution in [0.1, 0.15) is 54.8 Å². The van der Waals surface area contributed by atoms with Gasteiger partial charge in [-0.2, -0.15) is 0 Å². The fraction of sp³-hybridized carbons (Fsp3) is 0.455. The number of methoxy groups -OCH3 is 1. The highest BCUT2D eigenvalue weighted by Crippen LogP contribution is 2.35. The van der Waals surface area contributed by atoms with Gasteiger partial charge in [-0.3, -0.25) is 0 Å². The van der Waals surface area contributed by atoms with Crippen molar-refractivity contribution in [2.45, 2.75) is 50.7 Å². The molecule has 0 heterocycles. The third kappa shape index (κ3) is 6.01. The van der Waals surface area contributed by atoms with Gasteiger partial charge in [-0.1, -0.05) is 30.3 Å². The average molecular weight is 421 g/mol. The van der Waals surface area contributed by atoms with Crippen molar-refractivity contribution in [1.29, 1.82) is 0 Å². The van der Waals surface area contributed by atoms with E-state index in [1.54, 1.807) is 12.1 Å². The second-order valence-corrected chi connectivity index (χ2v) is 9.66. The first-order chi connectivity index (χ1) is 13.7. The average Bonchev–Trinajstić information content (AvgIpc) is 3.15. The van der Waals surface area contributed by atoms with Crippen LogP contribution in [0.2, 0.25) is 0 Å². The number of hydrogen-bond acceptors (Lipinski definition) is 4. The number of benzene rings is 2. The molecule has 3 atom stereocenters. The van der Waals surface area contributed by atoms with Crippen molar-refractivity contribution >= 4 is 10.0 Å². The first-order valence-corrected chi connectivity index (χ1v) is 11.8. The standard InChI is InChI=1S/C22H29FN2O3S/c1-15(18-9-11-21(23)22(13-18)28-2)25-20-10-8-19(12-20)17-6-4-16(5-7-17)14-24-29(3,26)27/h4-7,9,11,13,15,19-20,24-25H,8,10,12,14H2,1-3H3. The van der Waals surface area contributed by atoms with E-state index >= 15 is 0 Å². The second-order valence-electron chi connectivity index (χ2n) is 7.82. The molecule has 3 rings (SSSR count). The summed E-state index contributed by atoms with van der Waals surface area (Å²) >= 11 is 0. The summed E-state index contributed by atoms with van der Waals surface area (Å²) in [7, 11) is -1.71. The van der Waals surface area contributed by atoms with Gasteiger partial charge in [0.25, 0.3) is 0 Å². The Morgan fingerprint density at radius 2 is 1.90 bits per heavy atom. The molecule has 1 aliphatic rings.